The molecule has 34 heavy (non-hydrogen) atoms. The number of benzene rings is 2. The number of likely N-dealkylation sites (N-methyl/N-ethyl adjacent to an activating group) is 1. The van der Waals surface area contributed by atoms with Crippen molar-refractivity contribution in [2.45, 2.75) is 38.7 Å². The number of halogens is 2. The van der Waals surface area contributed by atoms with Crippen LogP contribution in [0.1, 0.15) is 31.9 Å². The third-order valence-electron chi connectivity index (χ3n) is 5.66. The van der Waals surface area contributed by atoms with Crippen LogP contribution in [0.15, 0.2) is 45.9 Å². The number of hydrogen-bond acceptors (Lipinski definition) is 5. The first-order valence-electron chi connectivity index (χ1n) is 10.9. The van der Waals surface area contributed by atoms with E-state index in [0.717, 1.165) is 0 Å². The van der Waals surface area contributed by atoms with E-state index in [0.29, 0.717) is 50.9 Å². The number of hydrogen-bond donors (Lipinski definition) is 2. The first-order valence-corrected chi connectivity index (χ1v) is 12.0. The van der Waals surface area contributed by atoms with Crippen LogP contribution in [0.5, 0.6) is 0 Å². The van der Waals surface area contributed by atoms with E-state index in [1.807, 2.05) is 32.0 Å². The second kappa shape index (κ2) is 9.65. The predicted octanol–water partition coefficient (Wildman–Crippen LogP) is 4.58. The van der Waals surface area contributed by atoms with Gasteiger partial charge in [0.1, 0.15) is 12.1 Å². The van der Waals surface area contributed by atoms with E-state index in [1.165, 1.54) is 0 Å². The molecule has 10 heteroatoms. The number of urea groups is 1. The molecule has 1 fully saturated rings. The minimum atomic E-state index is -0.655. The summed E-state index contributed by atoms with van der Waals surface area (Å²) in [6.45, 7) is 6.13. The summed E-state index contributed by atoms with van der Waals surface area (Å²) < 4.78 is 11.8. The Morgan fingerprint density at radius 3 is 2.71 bits per heavy atom. The summed E-state index contributed by atoms with van der Waals surface area (Å²) in [7, 11) is 1.71. The molecule has 0 aliphatic carbocycles. The summed E-state index contributed by atoms with van der Waals surface area (Å²) >= 11 is 10.1. The molecule has 0 saturated carbocycles. The van der Waals surface area contributed by atoms with Crippen LogP contribution in [-0.4, -0.2) is 55.8 Å². The Kier molecular flexibility index (Phi) is 7.00. The lowest BCUT2D eigenvalue weighted by Crippen LogP contribution is -2.37. The molecular formula is C24H26BrClN4O4. The highest BCUT2D eigenvalue weighted by Crippen LogP contribution is 2.39. The fraction of sp³-hybridized carbons (Fsp3) is 0.375. The molecule has 0 bridgehead atoms. The molecule has 4 rings (SSSR count). The number of carbonyl (C=O) groups is 2. The van der Waals surface area contributed by atoms with Crippen LogP contribution in [0.4, 0.5) is 16.2 Å². The van der Waals surface area contributed by atoms with Crippen LogP contribution in [0, 0.1) is 0 Å². The lowest BCUT2D eigenvalue weighted by atomic mass is 9.99. The number of carbonyl (C=O) groups excluding carboxylic acids is 2. The van der Waals surface area contributed by atoms with Crippen molar-refractivity contribution in [1.82, 2.24) is 5.32 Å². The maximum Gasteiger partial charge on any atom is 0.319 e. The van der Waals surface area contributed by atoms with Crippen molar-refractivity contribution in [1.29, 1.82) is 0 Å². The minimum absolute atomic E-state index is 0.143. The number of fused-ring (bicyclic) bond motifs is 1. The Morgan fingerprint density at radius 2 is 2.03 bits per heavy atom. The minimum Gasteiger partial charge on any atom is -0.348 e. The van der Waals surface area contributed by atoms with E-state index in [1.54, 1.807) is 37.1 Å². The summed E-state index contributed by atoms with van der Waals surface area (Å²) in [5, 5.41) is 6.19. The molecule has 2 aromatic rings. The summed E-state index contributed by atoms with van der Waals surface area (Å²) in [4.78, 5) is 31.8. The zero-order valence-electron chi connectivity index (χ0n) is 19.3. The van der Waals surface area contributed by atoms with Gasteiger partial charge in [0.15, 0.2) is 5.79 Å². The average molecular weight is 550 g/mol. The van der Waals surface area contributed by atoms with Gasteiger partial charge in [-0.2, -0.15) is 0 Å². The Morgan fingerprint density at radius 1 is 1.29 bits per heavy atom. The van der Waals surface area contributed by atoms with E-state index in [4.69, 9.17) is 26.1 Å². The van der Waals surface area contributed by atoms with Gasteiger partial charge in [0, 0.05) is 29.7 Å². The average Bonchev–Trinajstić information content (AvgIpc) is 3.11. The molecule has 2 aliphatic rings. The number of nitrogens with one attached hydrogen (secondary N) is 2. The molecule has 8 nitrogen and oxygen atoms in total. The zero-order valence-corrected chi connectivity index (χ0v) is 21.7. The summed E-state index contributed by atoms with van der Waals surface area (Å²) in [6.07, 6.45) is -0.226. The van der Waals surface area contributed by atoms with Gasteiger partial charge in [-0.25, -0.2) is 4.79 Å². The van der Waals surface area contributed by atoms with Gasteiger partial charge >= 0.3 is 6.03 Å². The van der Waals surface area contributed by atoms with Gasteiger partial charge in [-0.05, 0) is 54.9 Å². The van der Waals surface area contributed by atoms with Crippen molar-refractivity contribution in [3.63, 3.8) is 0 Å². The topological polar surface area (TPSA) is 92.3 Å². The molecule has 0 spiro atoms. The van der Waals surface area contributed by atoms with Crippen LogP contribution >= 0.6 is 27.5 Å². The van der Waals surface area contributed by atoms with Crippen molar-refractivity contribution >= 4 is 56.6 Å². The van der Waals surface area contributed by atoms with Crippen molar-refractivity contribution in [3.8, 4) is 0 Å². The van der Waals surface area contributed by atoms with Crippen LogP contribution in [0.3, 0.4) is 0 Å². The molecule has 3 amide bonds. The molecule has 1 saturated heterocycles. The van der Waals surface area contributed by atoms with Crippen molar-refractivity contribution in [2.24, 2.45) is 4.99 Å². The lowest BCUT2D eigenvalue weighted by molar-refractivity contribution is -0.137. The van der Waals surface area contributed by atoms with Gasteiger partial charge in [0.25, 0.3) is 5.91 Å². The molecule has 2 aromatic carbocycles. The third-order valence-corrected chi connectivity index (χ3v) is 6.82. The van der Waals surface area contributed by atoms with E-state index >= 15 is 0 Å². The highest BCUT2D eigenvalue weighted by molar-refractivity contribution is 9.10. The fourth-order valence-corrected chi connectivity index (χ4v) is 4.82. The molecule has 2 unspecified atom stereocenters. The van der Waals surface area contributed by atoms with E-state index in [9.17, 15) is 9.59 Å². The Balaban J connectivity index is 1.65. The largest absolute Gasteiger partial charge is 0.348 e. The predicted molar refractivity (Wildman–Crippen MR) is 136 cm³/mol. The number of amides is 3. The van der Waals surface area contributed by atoms with Gasteiger partial charge in [-0.1, -0.05) is 29.8 Å². The van der Waals surface area contributed by atoms with Gasteiger partial charge in [0.2, 0.25) is 0 Å². The molecule has 2 atom stereocenters. The van der Waals surface area contributed by atoms with Crippen LogP contribution in [0.25, 0.3) is 0 Å². The highest BCUT2D eigenvalue weighted by atomic mass is 79.9. The van der Waals surface area contributed by atoms with Gasteiger partial charge in [-0.3, -0.25) is 9.79 Å². The Hall–Kier alpha value is -2.46. The Bertz CT molecular complexity index is 1170. The smallest absolute Gasteiger partial charge is 0.319 e. The third kappa shape index (κ3) is 4.98. The lowest BCUT2D eigenvalue weighted by Gasteiger charge is -2.22. The number of aliphatic imine (C=N–C) groups is 1. The SMILES string of the molecule is CC1N=C(c2ccccc2Cl)c2c(ccc(NC(=O)NCC3COC(C)(C)O3)c2Br)N(C)C1=O. The standard InChI is InChI=1S/C24H26BrClN4O4/c1-13-22(31)30(4)18-10-9-17(29-23(32)27-11-14-12-33-24(2,3)34-14)20(25)19(18)21(28-13)15-7-5-6-8-16(15)26/h5-10,13-14H,11-12H2,1-4H3,(H2,27,29,32). The second-order valence-electron chi connectivity index (χ2n) is 8.64. The number of ether oxygens (including phenoxy) is 2. The monoisotopic (exact) mass is 548 g/mol. The first-order chi connectivity index (χ1) is 16.1. The molecule has 0 radical (unpaired) electrons. The fourth-order valence-electron chi connectivity index (χ4n) is 3.97. The van der Waals surface area contributed by atoms with Crippen LogP contribution in [-0.2, 0) is 14.3 Å². The molecule has 0 aromatic heterocycles. The number of nitrogens with zero attached hydrogens (tertiary/aromatic N) is 2. The van der Waals surface area contributed by atoms with Crippen molar-refractivity contribution in [2.75, 3.05) is 30.4 Å². The summed E-state index contributed by atoms with van der Waals surface area (Å²) in [5.41, 5.74) is 3.12. The van der Waals surface area contributed by atoms with E-state index in [-0.39, 0.29) is 12.0 Å². The Labute approximate surface area is 211 Å². The maximum absolute atomic E-state index is 12.9. The quantitative estimate of drug-likeness (QED) is 0.584. The van der Waals surface area contributed by atoms with Crippen molar-refractivity contribution in [3.05, 3.63) is 57.0 Å². The molecule has 180 valence electrons. The van der Waals surface area contributed by atoms with E-state index < -0.39 is 17.9 Å². The van der Waals surface area contributed by atoms with Crippen LogP contribution in [0.2, 0.25) is 5.02 Å². The number of rotatable bonds is 4. The molecular weight excluding hydrogens is 524 g/mol. The first kappa shape index (κ1) is 24.7. The van der Waals surface area contributed by atoms with Crippen molar-refractivity contribution < 1.29 is 19.1 Å². The summed E-state index contributed by atoms with van der Waals surface area (Å²) in [5.74, 6) is -0.798. The number of benzodiazepines with no additional fused rings is 1. The molecule has 2 aliphatic heterocycles. The second-order valence-corrected chi connectivity index (χ2v) is 9.84. The number of anilines is 2. The maximum atomic E-state index is 12.9. The zero-order chi connectivity index (χ0) is 24.6. The highest BCUT2D eigenvalue weighted by Gasteiger charge is 2.33. The van der Waals surface area contributed by atoms with Gasteiger partial charge in [-0.15, -0.1) is 0 Å². The normalized spacial score (nSPS) is 21.5. The molecule has 2 N–H and O–H groups in total. The summed E-state index contributed by atoms with van der Waals surface area (Å²) in [6, 6.07) is 9.87. The van der Waals surface area contributed by atoms with Crippen LogP contribution < -0.4 is 15.5 Å². The van der Waals surface area contributed by atoms with Gasteiger partial charge < -0.3 is 25.0 Å². The molecule has 2 heterocycles. The van der Waals surface area contributed by atoms with Gasteiger partial charge in [0.05, 0.1) is 28.2 Å². The van der Waals surface area contributed by atoms with E-state index in [2.05, 4.69) is 26.6 Å².